The molecule has 1 saturated heterocycles. The summed E-state index contributed by atoms with van der Waals surface area (Å²) in [7, 11) is 4.09. The molecule has 1 aliphatic rings. The van der Waals surface area contributed by atoms with Crippen molar-refractivity contribution in [2.24, 2.45) is 5.92 Å². The highest BCUT2D eigenvalue weighted by Crippen LogP contribution is 2.16. The van der Waals surface area contributed by atoms with Crippen LogP contribution in [-0.2, 0) is 4.79 Å². The summed E-state index contributed by atoms with van der Waals surface area (Å²) in [4.78, 5) is 17.1. The highest BCUT2D eigenvalue weighted by atomic mass is 16.2. The maximum absolute atomic E-state index is 12.7. The first-order chi connectivity index (χ1) is 9.25. The van der Waals surface area contributed by atoms with Crippen molar-refractivity contribution >= 4 is 5.91 Å². The fraction of sp³-hybridized carbons (Fsp3) is 0.933. The van der Waals surface area contributed by atoms with E-state index in [9.17, 15) is 4.79 Å². The summed E-state index contributed by atoms with van der Waals surface area (Å²) in [5.74, 6) is 0.570. The number of nitrogens with zero attached hydrogens (tertiary/aromatic N) is 2. The van der Waals surface area contributed by atoms with E-state index in [2.05, 4.69) is 34.3 Å². The topological polar surface area (TPSA) is 47.6 Å². The van der Waals surface area contributed by atoms with E-state index in [1.807, 2.05) is 27.9 Å². The largest absolute Gasteiger partial charge is 0.350 e. The van der Waals surface area contributed by atoms with Crippen LogP contribution >= 0.6 is 0 Å². The molecule has 0 saturated carbocycles. The van der Waals surface area contributed by atoms with Gasteiger partial charge in [-0.05, 0) is 33.9 Å². The molecule has 0 aromatic carbocycles. The molecule has 118 valence electrons. The molecule has 20 heavy (non-hydrogen) atoms. The van der Waals surface area contributed by atoms with Crippen LogP contribution in [0.15, 0.2) is 0 Å². The van der Waals surface area contributed by atoms with Crippen molar-refractivity contribution in [1.29, 1.82) is 0 Å². The zero-order valence-electron chi connectivity index (χ0n) is 14.0. The predicted molar refractivity (Wildman–Crippen MR) is 83.8 cm³/mol. The second-order valence-electron chi connectivity index (χ2n) is 6.88. The first kappa shape index (κ1) is 17.4. The first-order valence-corrected chi connectivity index (χ1v) is 7.66. The number of carbonyl (C=O) groups is 1. The zero-order valence-corrected chi connectivity index (χ0v) is 14.0. The van der Waals surface area contributed by atoms with Crippen LogP contribution in [0.2, 0.25) is 0 Å². The Labute approximate surface area is 124 Å². The molecule has 1 aliphatic heterocycles. The Kier molecular flexibility index (Phi) is 6.43. The molecule has 1 unspecified atom stereocenters. The van der Waals surface area contributed by atoms with Crippen LogP contribution in [0.4, 0.5) is 0 Å². The summed E-state index contributed by atoms with van der Waals surface area (Å²) in [5.41, 5.74) is -0.443. The molecule has 1 atom stereocenters. The molecule has 0 aromatic rings. The maximum Gasteiger partial charge on any atom is 0.240 e. The third kappa shape index (κ3) is 4.72. The first-order valence-electron chi connectivity index (χ1n) is 7.66. The van der Waals surface area contributed by atoms with Crippen LogP contribution in [0.25, 0.3) is 0 Å². The molecule has 1 rings (SSSR count). The molecular formula is C15H32N4O. The van der Waals surface area contributed by atoms with Gasteiger partial charge >= 0.3 is 0 Å². The number of nitrogens with one attached hydrogen (secondary N) is 2. The Morgan fingerprint density at radius 3 is 2.30 bits per heavy atom. The molecule has 0 aromatic heterocycles. The van der Waals surface area contributed by atoms with Crippen molar-refractivity contribution in [1.82, 2.24) is 20.4 Å². The van der Waals surface area contributed by atoms with E-state index in [1.54, 1.807) is 0 Å². The SMILES string of the molecule is CC(C)C(CN(C)C)NC(=O)C(C)(C)N1CCNCC1. The van der Waals surface area contributed by atoms with Crippen LogP contribution in [-0.4, -0.2) is 74.1 Å². The highest BCUT2D eigenvalue weighted by Gasteiger charge is 2.36. The number of hydrogen-bond donors (Lipinski definition) is 2. The standard InChI is InChI=1S/C15H32N4O/c1-12(2)13(11-18(5)6)17-14(20)15(3,4)19-9-7-16-8-10-19/h12-13,16H,7-11H2,1-6H3,(H,17,20). The number of amides is 1. The van der Waals surface area contributed by atoms with E-state index < -0.39 is 5.54 Å². The van der Waals surface area contributed by atoms with E-state index in [1.165, 1.54) is 0 Å². The summed E-state index contributed by atoms with van der Waals surface area (Å²) in [5, 5.41) is 6.57. The van der Waals surface area contributed by atoms with E-state index in [4.69, 9.17) is 0 Å². The quantitative estimate of drug-likeness (QED) is 0.740. The van der Waals surface area contributed by atoms with Gasteiger partial charge in [-0.2, -0.15) is 0 Å². The molecule has 1 fully saturated rings. The lowest BCUT2D eigenvalue weighted by Gasteiger charge is -2.41. The Morgan fingerprint density at radius 2 is 1.85 bits per heavy atom. The third-order valence-electron chi connectivity index (χ3n) is 4.15. The van der Waals surface area contributed by atoms with Crippen molar-refractivity contribution in [3.63, 3.8) is 0 Å². The van der Waals surface area contributed by atoms with E-state index in [0.29, 0.717) is 5.92 Å². The molecule has 0 radical (unpaired) electrons. The molecule has 1 heterocycles. The summed E-state index contributed by atoms with van der Waals surface area (Å²) >= 11 is 0. The molecule has 1 amide bonds. The van der Waals surface area contributed by atoms with Gasteiger partial charge in [-0.1, -0.05) is 13.8 Å². The van der Waals surface area contributed by atoms with Gasteiger partial charge in [0.2, 0.25) is 5.91 Å². The molecular weight excluding hydrogens is 252 g/mol. The summed E-state index contributed by atoms with van der Waals surface area (Å²) in [6.07, 6.45) is 0. The van der Waals surface area contributed by atoms with Gasteiger partial charge in [-0.25, -0.2) is 0 Å². The lowest BCUT2D eigenvalue weighted by molar-refractivity contribution is -0.133. The summed E-state index contributed by atoms with van der Waals surface area (Å²) in [6, 6.07) is 0.194. The van der Waals surface area contributed by atoms with Crippen molar-refractivity contribution in [3.8, 4) is 0 Å². The van der Waals surface area contributed by atoms with Crippen LogP contribution in [0.5, 0.6) is 0 Å². The lowest BCUT2D eigenvalue weighted by Crippen LogP contribution is -2.62. The van der Waals surface area contributed by atoms with Crippen LogP contribution in [0.3, 0.4) is 0 Å². The minimum absolute atomic E-state index is 0.139. The van der Waals surface area contributed by atoms with Crippen LogP contribution in [0.1, 0.15) is 27.7 Å². The average molecular weight is 284 g/mol. The van der Waals surface area contributed by atoms with Gasteiger partial charge in [0.05, 0.1) is 5.54 Å². The normalized spacial score (nSPS) is 19.4. The smallest absolute Gasteiger partial charge is 0.240 e. The van der Waals surface area contributed by atoms with Gasteiger partial charge in [-0.3, -0.25) is 9.69 Å². The van der Waals surface area contributed by atoms with Gasteiger partial charge in [-0.15, -0.1) is 0 Å². The van der Waals surface area contributed by atoms with Gasteiger partial charge in [0.1, 0.15) is 0 Å². The molecule has 5 heteroatoms. The molecule has 0 bridgehead atoms. The lowest BCUT2D eigenvalue weighted by atomic mass is 9.97. The minimum Gasteiger partial charge on any atom is -0.350 e. The van der Waals surface area contributed by atoms with Gasteiger partial charge in [0.25, 0.3) is 0 Å². The van der Waals surface area contributed by atoms with E-state index >= 15 is 0 Å². The zero-order chi connectivity index (χ0) is 15.3. The van der Waals surface area contributed by atoms with Crippen molar-refractivity contribution < 1.29 is 4.79 Å². The number of likely N-dealkylation sites (N-methyl/N-ethyl adjacent to an activating group) is 1. The van der Waals surface area contributed by atoms with Crippen molar-refractivity contribution in [3.05, 3.63) is 0 Å². The number of hydrogen-bond acceptors (Lipinski definition) is 4. The monoisotopic (exact) mass is 284 g/mol. The Hall–Kier alpha value is -0.650. The fourth-order valence-electron chi connectivity index (χ4n) is 2.53. The number of rotatable bonds is 6. The van der Waals surface area contributed by atoms with E-state index in [0.717, 1.165) is 32.7 Å². The minimum atomic E-state index is -0.443. The van der Waals surface area contributed by atoms with Gasteiger partial charge in [0, 0.05) is 38.8 Å². The van der Waals surface area contributed by atoms with Crippen LogP contribution < -0.4 is 10.6 Å². The van der Waals surface area contributed by atoms with Gasteiger partial charge in [0.15, 0.2) is 0 Å². The summed E-state index contributed by atoms with van der Waals surface area (Å²) in [6.45, 7) is 13.0. The summed E-state index contributed by atoms with van der Waals surface area (Å²) < 4.78 is 0. The number of piperazine rings is 1. The molecule has 5 nitrogen and oxygen atoms in total. The Bertz CT molecular complexity index is 309. The second-order valence-corrected chi connectivity index (χ2v) is 6.88. The van der Waals surface area contributed by atoms with Crippen molar-refractivity contribution in [2.75, 3.05) is 46.8 Å². The highest BCUT2D eigenvalue weighted by molar-refractivity contribution is 5.85. The Morgan fingerprint density at radius 1 is 1.30 bits per heavy atom. The number of carbonyl (C=O) groups excluding carboxylic acids is 1. The molecule has 2 N–H and O–H groups in total. The van der Waals surface area contributed by atoms with E-state index in [-0.39, 0.29) is 11.9 Å². The maximum atomic E-state index is 12.7. The predicted octanol–water partition coefficient (Wildman–Crippen LogP) is 0.373. The second kappa shape index (κ2) is 7.38. The Balaban J connectivity index is 2.66. The molecule has 0 spiro atoms. The van der Waals surface area contributed by atoms with Crippen molar-refractivity contribution in [2.45, 2.75) is 39.3 Å². The fourth-order valence-corrected chi connectivity index (χ4v) is 2.53. The third-order valence-corrected chi connectivity index (χ3v) is 4.15. The van der Waals surface area contributed by atoms with Crippen LogP contribution in [0, 0.1) is 5.92 Å². The van der Waals surface area contributed by atoms with Gasteiger partial charge < -0.3 is 15.5 Å². The molecule has 0 aliphatic carbocycles. The average Bonchev–Trinajstić information content (AvgIpc) is 2.38.